The van der Waals surface area contributed by atoms with E-state index < -0.39 is 0 Å². The van der Waals surface area contributed by atoms with Crippen LogP contribution in [0, 0.1) is 0 Å². The summed E-state index contributed by atoms with van der Waals surface area (Å²) >= 11 is 6.06. The second kappa shape index (κ2) is 5.66. The zero-order chi connectivity index (χ0) is 16.7. The number of benzene rings is 3. The Morgan fingerprint density at radius 3 is 1.92 bits per heavy atom. The second-order valence-corrected chi connectivity index (χ2v) is 6.12. The van der Waals surface area contributed by atoms with E-state index in [0.717, 1.165) is 16.7 Å². The minimum Gasteiger partial charge on any atom is -0.507 e. The molecule has 0 saturated heterocycles. The zero-order valence-electron chi connectivity index (χ0n) is 12.7. The summed E-state index contributed by atoms with van der Waals surface area (Å²) in [5.74, 6) is 0.174. The van der Waals surface area contributed by atoms with E-state index in [0.29, 0.717) is 21.7 Å². The average Bonchev–Trinajstić information content (AvgIpc) is 2.61. The third kappa shape index (κ3) is 2.32. The first kappa shape index (κ1) is 14.7. The summed E-state index contributed by atoms with van der Waals surface area (Å²) in [5, 5.41) is 10.7. The topological polar surface area (TPSA) is 37.3 Å². The molecule has 4 rings (SSSR count). The highest BCUT2D eigenvalue weighted by Crippen LogP contribution is 2.38. The number of rotatable bonds is 1. The molecule has 0 saturated carbocycles. The molecule has 0 unspecified atom stereocenters. The fraction of sp³-hybridized carbons (Fsp3) is 0. The van der Waals surface area contributed by atoms with Gasteiger partial charge in [0, 0.05) is 21.7 Å². The number of halogens is 1. The van der Waals surface area contributed by atoms with Gasteiger partial charge in [-0.15, -0.1) is 0 Å². The Morgan fingerprint density at radius 2 is 1.33 bits per heavy atom. The molecule has 0 fully saturated rings. The number of carbonyl (C=O) groups is 1. The summed E-state index contributed by atoms with van der Waals surface area (Å²) in [5.41, 5.74) is 4.59. The molecule has 0 heterocycles. The standard InChI is InChI=1S/C21H13ClO2/c22-14-9-10-20(23)13(11-14)12-19-15-5-1-3-7-17(15)21(24)18-8-4-2-6-16(18)19/h1-12,23H. The number of fused-ring (bicyclic) bond motifs is 2. The van der Waals surface area contributed by atoms with Crippen molar-refractivity contribution in [1.82, 2.24) is 0 Å². The Bertz CT molecular complexity index is 951. The molecule has 0 atom stereocenters. The van der Waals surface area contributed by atoms with Crippen LogP contribution in [-0.4, -0.2) is 10.9 Å². The monoisotopic (exact) mass is 332 g/mol. The van der Waals surface area contributed by atoms with E-state index in [1.165, 1.54) is 0 Å². The first-order valence-corrected chi connectivity index (χ1v) is 7.96. The van der Waals surface area contributed by atoms with E-state index in [1.54, 1.807) is 18.2 Å². The van der Waals surface area contributed by atoms with Gasteiger partial charge in [-0.2, -0.15) is 0 Å². The molecule has 0 aromatic heterocycles. The van der Waals surface area contributed by atoms with Gasteiger partial charge < -0.3 is 5.11 Å². The molecule has 1 aliphatic carbocycles. The molecule has 24 heavy (non-hydrogen) atoms. The molecule has 0 radical (unpaired) electrons. The van der Waals surface area contributed by atoms with Gasteiger partial charge in [0.2, 0.25) is 0 Å². The Hall–Kier alpha value is -2.84. The van der Waals surface area contributed by atoms with Crippen LogP contribution in [0.15, 0.2) is 66.7 Å². The first-order chi connectivity index (χ1) is 11.6. The van der Waals surface area contributed by atoms with Crippen molar-refractivity contribution < 1.29 is 9.90 Å². The fourth-order valence-electron chi connectivity index (χ4n) is 3.07. The molecule has 0 spiro atoms. The maximum Gasteiger partial charge on any atom is 0.194 e. The summed E-state index contributed by atoms with van der Waals surface area (Å²) in [4.78, 5) is 12.7. The van der Waals surface area contributed by atoms with Crippen molar-refractivity contribution in [3.8, 4) is 5.75 Å². The van der Waals surface area contributed by atoms with Crippen LogP contribution in [-0.2, 0) is 0 Å². The van der Waals surface area contributed by atoms with Crippen molar-refractivity contribution in [1.29, 1.82) is 0 Å². The molecular weight excluding hydrogens is 320 g/mol. The highest BCUT2D eigenvalue weighted by atomic mass is 35.5. The Kier molecular flexibility index (Phi) is 3.47. The molecule has 1 aliphatic rings. The predicted molar refractivity (Wildman–Crippen MR) is 96.4 cm³/mol. The number of aromatic hydroxyl groups is 1. The molecule has 3 heteroatoms. The molecule has 3 aromatic carbocycles. The van der Waals surface area contributed by atoms with Crippen molar-refractivity contribution in [3.63, 3.8) is 0 Å². The predicted octanol–water partition coefficient (Wildman–Crippen LogP) is 5.18. The van der Waals surface area contributed by atoms with Crippen molar-refractivity contribution in [2.24, 2.45) is 0 Å². The Morgan fingerprint density at radius 1 is 0.792 bits per heavy atom. The van der Waals surface area contributed by atoms with Crippen LogP contribution in [0.1, 0.15) is 32.6 Å². The lowest BCUT2D eigenvalue weighted by Gasteiger charge is -2.21. The van der Waals surface area contributed by atoms with Gasteiger partial charge >= 0.3 is 0 Å². The summed E-state index contributed by atoms with van der Waals surface area (Å²) < 4.78 is 0. The zero-order valence-corrected chi connectivity index (χ0v) is 13.4. The molecule has 1 N–H and O–H groups in total. The third-order valence-corrected chi connectivity index (χ3v) is 4.45. The summed E-state index contributed by atoms with van der Waals surface area (Å²) in [6.45, 7) is 0. The Labute approximate surface area is 144 Å². The lowest BCUT2D eigenvalue weighted by molar-refractivity contribution is 0.103. The van der Waals surface area contributed by atoms with Crippen LogP contribution in [0.4, 0.5) is 0 Å². The van der Waals surface area contributed by atoms with E-state index in [-0.39, 0.29) is 11.5 Å². The van der Waals surface area contributed by atoms with E-state index in [2.05, 4.69) is 0 Å². The smallest absolute Gasteiger partial charge is 0.194 e. The van der Waals surface area contributed by atoms with Crippen LogP contribution in [0.2, 0.25) is 5.02 Å². The lowest BCUT2D eigenvalue weighted by Crippen LogP contribution is -2.14. The first-order valence-electron chi connectivity index (χ1n) is 7.59. The minimum atomic E-state index is 0.0219. The Balaban J connectivity index is 2.02. The minimum absolute atomic E-state index is 0.0219. The lowest BCUT2D eigenvalue weighted by atomic mass is 9.80. The molecule has 0 bridgehead atoms. The van der Waals surface area contributed by atoms with Crippen LogP contribution < -0.4 is 0 Å². The maximum absolute atomic E-state index is 12.7. The van der Waals surface area contributed by atoms with Crippen LogP contribution >= 0.6 is 11.6 Å². The van der Waals surface area contributed by atoms with E-state index in [1.807, 2.05) is 54.6 Å². The quantitative estimate of drug-likeness (QED) is 0.521. The van der Waals surface area contributed by atoms with Crippen molar-refractivity contribution in [2.45, 2.75) is 0 Å². The summed E-state index contributed by atoms with van der Waals surface area (Å²) in [6, 6.07) is 20.0. The van der Waals surface area contributed by atoms with Gasteiger partial charge in [0.25, 0.3) is 0 Å². The van der Waals surface area contributed by atoms with E-state index >= 15 is 0 Å². The number of hydrogen-bond donors (Lipinski definition) is 1. The summed E-state index contributed by atoms with van der Waals surface area (Å²) in [6.07, 6.45) is 1.88. The van der Waals surface area contributed by atoms with E-state index in [9.17, 15) is 9.90 Å². The van der Waals surface area contributed by atoms with Crippen LogP contribution in [0.5, 0.6) is 5.75 Å². The van der Waals surface area contributed by atoms with Gasteiger partial charge in [-0.05, 0) is 41.0 Å². The van der Waals surface area contributed by atoms with Gasteiger partial charge in [0.1, 0.15) is 5.75 Å². The maximum atomic E-state index is 12.7. The SMILES string of the molecule is O=C1c2ccccc2C(=Cc2cc(Cl)ccc2O)c2ccccc21. The number of ketones is 1. The van der Waals surface area contributed by atoms with Crippen molar-refractivity contribution >= 4 is 29.0 Å². The van der Waals surface area contributed by atoms with E-state index in [4.69, 9.17) is 11.6 Å². The van der Waals surface area contributed by atoms with Crippen LogP contribution in [0.3, 0.4) is 0 Å². The second-order valence-electron chi connectivity index (χ2n) is 5.68. The molecule has 0 aliphatic heterocycles. The van der Waals surface area contributed by atoms with Gasteiger partial charge in [0.05, 0.1) is 0 Å². The number of hydrogen-bond acceptors (Lipinski definition) is 2. The molecule has 3 aromatic rings. The van der Waals surface area contributed by atoms with Gasteiger partial charge in [-0.1, -0.05) is 60.1 Å². The molecule has 0 amide bonds. The normalized spacial score (nSPS) is 12.5. The van der Waals surface area contributed by atoms with Gasteiger partial charge in [0.15, 0.2) is 5.78 Å². The summed E-state index contributed by atoms with van der Waals surface area (Å²) in [7, 11) is 0. The molecule has 116 valence electrons. The van der Waals surface area contributed by atoms with Crippen molar-refractivity contribution in [3.05, 3.63) is 99.6 Å². The fourth-order valence-corrected chi connectivity index (χ4v) is 3.25. The van der Waals surface area contributed by atoms with Crippen LogP contribution in [0.25, 0.3) is 11.6 Å². The third-order valence-electron chi connectivity index (χ3n) is 4.21. The molecule has 2 nitrogen and oxygen atoms in total. The molecular formula is C21H13ClO2. The highest BCUT2D eigenvalue weighted by molar-refractivity contribution is 6.30. The number of phenolic OH excluding ortho intramolecular Hbond substituents is 1. The average molecular weight is 333 g/mol. The number of carbonyl (C=O) groups excluding carboxylic acids is 1. The van der Waals surface area contributed by atoms with Crippen molar-refractivity contribution in [2.75, 3.05) is 0 Å². The van der Waals surface area contributed by atoms with Gasteiger partial charge in [-0.25, -0.2) is 0 Å². The number of phenols is 1. The largest absolute Gasteiger partial charge is 0.507 e. The highest BCUT2D eigenvalue weighted by Gasteiger charge is 2.26. The van der Waals surface area contributed by atoms with Gasteiger partial charge in [-0.3, -0.25) is 4.79 Å².